The number of nitro groups is 1. The second kappa shape index (κ2) is 16.0. The predicted molar refractivity (Wildman–Crippen MR) is 234 cm³/mol. The van der Waals surface area contributed by atoms with Crippen LogP contribution in [0.25, 0.3) is 11.0 Å². The van der Waals surface area contributed by atoms with Gasteiger partial charge in [-0.1, -0.05) is 38.3 Å². The molecular formula is C47H56FN5O8S. The molecule has 6 aliphatic rings. The number of carbonyl (C=O) groups excluding carboxylic acids is 1. The molecule has 1 N–H and O–H groups in total. The summed E-state index contributed by atoms with van der Waals surface area (Å²) in [6.07, 6.45) is 12.5. The average Bonchev–Trinajstić information content (AvgIpc) is 3.68. The number of rotatable bonds is 15. The second-order valence-electron chi connectivity index (χ2n) is 19.3. The highest BCUT2D eigenvalue weighted by Crippen LogP contribution is 2.79. The van der Waals surface area contributed by atoms with Crippen molar-refractivity contribution in [3.63, 3.8) is 0 Å². The molecule has 62 heavy (non-hydrogen) atoms. The van der Waals surface area contributed by atoms with Gasteiger partial charge in [-0.05, 0) is 91.2 Å². The van der Waals surface area contributed by atoms with E-state index in [0.717, 1.165) is 62.0 Å². The highest BCUT2D eigenvalue weighted by Gasteiger charge is 2.68. The standard InChI is InChI=1S/C47H56FN5O8S/c1-4-45-28-46(29-45,30-45)38-24-44(2,3)11-9-33(38)26-51-15-17-52(18-16-51)34-5-7-37(42(22-34)61-35-21-32-10-14-49-43(32)50-25-35)40(54)27-62(57,58)36-6-8-41(39(23-36)53(55)56)60-31-47(48)12-19-59-20-13-47/h5-8,10,14,21-23,25H,4,9,11-13,15-20,24,26-31H2,1-3H3,(H,49,50). The van der Waals surface area contributed by atoms with Crippen LogP contribution >= 0.6 is 0 Å². The van der Waals surface area contributed by atoms with Gasteiger partial charge in [0.15, 0.2) is 21.4 Å². The van der Waals surface area contributed by atoms with Crippen LogP contribution in [0.1, 0.15) is 88.9 Å². The largest absolute Gasteiger partial charge is 0.483 e. The Morgan fingerprint density at radius 2 is 1.76 bits per heavy atom. The van der Waals surface area contributed by atoms with Gasteiger partial charge in [-0.15, -0.1) is 0 Å². The van der Waals surface area contributed by atoms with Gasteiger partial charge in [0.05, 0.1) is 21.6 Å². The number of benzene rings is 2. The van der Waals surface area contributed by atoms with Crippen LogP contribution in [0.4, 0.5) is 15.8 Å². The van der Waals surface area contributed by atoms with Crippen molar-refractivity contribution in [3.8, 4) is 17.2 Å². The normalized spacial score (nSPS) is 24.6. The number of pyridine rings is 1. The first kappa shape index (κ1) is 42.4. The molecule has 4 aromatic rings. The van der Waals surface area contributed by atoms with Crippen molar-refractivity contribution in [3.05, 3.63) is 87.7 Å². The number of ether oxygens (including phenoxy) is 3. The molecular weight excluding hydrogens is 814 g/mol. The molecule has 2 aromatic carbocycles. The fourth-order valence-corrected chi connectivity index (χ4v) is 11.9. The number of allylic oxidation sites excluding steroid dienone is 1. The molecule has 4 heterocycles. The Balaban J connectivity index is 0.921. The Morgan fingerprint density at radius 1 is 1.00 bits per heavy atom. The van der Waals surface area contributed by atoms with Crippen LogP contribution in [0.15, 0.2) is 77.0 Å². The second-order valence-corrected chi connectivity index (χ2v) is 21.3. The minimum atomic E-state index is -4.40. The van der Waals surface area contributed by atoms with Crippen LogP contribution < -0.4 is 14.4 Å². The van der Waals surface area contributed by atoms with E-state index in [0.29, 0.717) is 27.6 Å². The number of aromatic nitrogens is 2. The number of sulfone groups is 1. The van der Waals surface area contributed by atoms with Crippen molar-refractivity contribution in [2.24, 2.45) is 16.2 Å². The molecule has 330 valence electrons. The molecule has 5 fully saturated rings. The van der Waals surface area contributed by atoms with Gasteiger partial charge in [0.25, 0.3) is 0 Å². The molecule has 0 unspecified atom stereocenters. The zero-order valence-corrected chi connectivity index (χ0v) is 36.7. The Kier molecular flexibility index (Phi) is 11.0. The number of anilines is 1. The van der Waals surface area contributed by atoms with Gasteiger partial charge >= 0.3 is 5.69 Å². The van der Waals surface area contributed by atoms with E-state index in [1.807, 2.05) is 12.1 Å². The van der Waals surface area contributed by atoms with E-state index in [-0.39, 0.29) is 43.1 Å². The van der Waals surface area contributed by atoms with E-state index in [4.69, 9.17) is 14.2 Å². The molecule has 2 aromatic heterocycles. The summed E-state index contributed by atoms with van der Waals surface area (Å²) in [6, 6.07) is 12.0. The van der Waals surface area contributed by atoms with Gasteiger partial charge in [0, 0.05) is 88.2 Å². The maximum Gasteiger partial charge on any atom is 0.312 e. The van der Waals surface area contributed by atoms with Crippen LogP contribution in [0.2, 0.25) is 0 Å². The number of nitrogens with one attached hydrogen (secondary N) is 1. The molecule has 2 aliphatic heterocycles. The topological polar surface area (TPSA) is 157 Å². The Morgan fingerprint density at radius 3 is 2.48 bits per heavy atom. The van der Waals surface area contributed by atoms with Crippen molar-refractivity contribution < 1.29 is 36.7 Å². The van der Waals surface area contributed by atoms with Crippen molar-refractivity contribution in [1.82, 2.24) is 14.9 Å². The van der Waals surface area contributed by atoms with Gasteiger partial charge < -0.3 is 24.1 Å². The van der Waals surface area contributed by atoms with Gasteiger partial charge in [0.1, 0.15) is 35.2 Å². The smallest absolute Gasteiger partial charge is 0.312 e. The maximum atomic E-state index is 15.2. The fourth-order valence-electron chi connectivity index (χ4n) is 10.7. The maximum absolute atomic E-state index is 15.2. The monoisotopic (exact) mass is 869 g/mol. The van der Waals surface area contributed by atoms with Crippen molar-refractivity contribution in [1.29, 1.82) is 0 Å². The average molecular weight is 870 g/mol. The number of hydrogen-bond acceptors (Lipinski definition) is 11. The number of fused-ring (bicyclic) bond motifs is 1. The minimum absolute atomic E-state index is 0.0439. The van der Waals surface area contributed by atoms with E-state index in [2.05, 4.69) is 40.5 Å². The zero-order valence-electron chi connectivity index (χ0n) is 35.8. The quantitative estimate of drug-likeness (QED) is 0.0526. The van der Waals surface area contributed by atoms with Crippen molar-refractivity contribution in [2.45, 2.75) is 89.1 Å². The number of piperazine rings is 1. The van der Waals surface area contributed by atoms with Crippen molar-refractivity contribution in [2.75, 3.05) is 63.2 Å². The molecule has 0 amide bonds. The number of hydrogen-bond donors (Lipinski definition) is 1. The SMILES string of the molecule is CCC12CC(C3=C(CN4CCN(c5ccc(C(=O)CS(=O)(=O)c6ccc(OCC7(F)CCOCC7)c([N+](=O)[O-])c6)c(Oc6cnc7[nH]ccc7c6)c5)CC4)CCC(C)(C)C3)(C1)C2. The summed E-state index contributed by atoms with van der Waals surface area (Å²) in [4.78, 5) is 37.2. The lowest BCUT2D eigenvalue weighted by atomic mass is 9.31. The molecule has 13 nitrogen and oxygen atoms in total. The number of H-pyrrole nitrogens is 1. The fraction of sp³-hybridized carbons (Fsp3) is 0.532. The van der Waals surface area contributed by atoms with Crippen molar-refractivity contribution >= 4 is 38.0 Å². The third-order valence-electron chi connectivity index (χ3n) is 14.4. The lowest BCUT2D eigenvalue weighted by molar-refractivity contribution is -0.386. The summed E-state index contributed by atoms with van der Waals surface area (Å²) in [5.41, 5.74) is 4.02. The van der Waals surface area contributed by atoms with Gasteiger partial charge in [0.2, 0.25) is 0 Å². The molecule has 10 rings (SSSR count). The molecule has 3 saturated carbocycles. The first-order valence-corrected chi connectivity index (χ1v) is 23.6. The van der Waals surface area contributed by atoms with Crippen LogP contribution in [-0.4, -0.2) is 98.0 Å². The third kappa shape index (κ3) is 8.35. The highest BCUT2D eigenvalue weighted by molar-refractivity contribution is 7.92. The summed E-state index contributed by atoms with van der Waals surface area (Å²) in [5.74, 6) is -1.45. The Bertz CT molecular complexity index is 2520. The van der Waals surface area contributed by atoms with Gasteiger partial charge in [-0.2, -0.15) is 0 Å². The number of carbonyl (C=O) groups is 1. The summed E-state index contributed by atoms with van der Waals surface area (Å²) in [7, 11) is -4.40. The number of Topliss-reactive ketones (excluding diaryl/α,β-unsaturated/α-hetero) is 1. The lowest BCUT2D eigenvalue weighted by Crippen LogP contribution is -2.63. The zero-order chi connectivity index (χ0) is 43.5. The van der Waals surface area contributed by atoms with Crippen LogP contribution in [0.3, 0.4) is 0 Å². The van der Waals surface area contributed by atoms with Crippen LogP contribution in [-0.2, 0) is 14.6 Å². The summed E-state index contributed by atoms with van der Waals surface area (Å²) in [5, 5.41) is 12.8. The van der Waals surface area contributed by atoms with Crippen LogP contribution in [0, 0.1) is 26.4 Å². The van der Waals surface area contributed by atoms with E-state index in [1.165, 1.54) is 51.1 Å². The number of aromatic amines is 1. The molecule has 0 spiro atoms. The Hall–Kier alpha value is -4.86. The number of ketones is 1. The predicted octanol–water partition coefficient (Wildman–Crippen LogP) is 9.03. The summed E-state index contributed by atoms with van der Waals surface area (Å²) >= 11 is 0. The Labute approximate surface area is 362 Å². The summed E-state index contributed by atoms with van der Waals surface area (Å²) in [6.45, 7) is 11.5. The molecule has 2 saturated heterocycles. The number of halogens is 1. The molecule has 0 radical (unpaired) electrons. The highest BCUT2D eigenvalue weighted by atomic mass is 32.2. The lowest BCUT2D eigenvalue weighted by Gasteiger charge is -2.73. The van der Waals surface area contributed by atoms with E-state index < -0.39 is 49.2 Å². The number of alkyl halides is 1. The minimum Gasteiger partial charge on any atom is -0.483 e. The first-order valence-electron chi connectivity index (χ1n) is 21.9. The molecule has 4 aliphatic carbocycles. The number of nitro benzene ring substituents is 1. The van der Waals surface area contributed by atoms with Gasteiger partial charge in [-0.25, -0.2) is 17.8 Å². The molecule has 0 atom stereocenters. The first-order chi connectivity index (χ1) is 29.6. The number of nitrogens with zero attached hydrogens (tertiary/aromatic N) is 4. The summed E-state index contributed by atoms with van der Waals surface area (Å²) < 4.78 is 59.8. The van der Waals surface area contributed by atoms with E-state index in [9.17, 15) is 23.3 Å². The molecule has 15 heteroatoms. The van der Waals surface area contributed by atoms with E-state index in [1.54, 1.807) is 35.5 Å². The third-order valence-corrected chi connectivity index (χ3v) is 16.0. The van der Waals surface area contributed by atoms with Crippen LogP contribution in [0.5, 0.6) is 17.2 Å². The van der Waals surface area contributed by atoms with Gasteiger partial charge in [-0.3, -0.25) is 19.8 Å². The van der Waals surface area contributed by atoms with E-state index >= 15 is 4.39 Å². The molecule has 2 bridgehead atoms.